The van der Waals surface area contributed by atoms with Crippen LogP contribution >= 0.6 is 0 Å². The van der Waals surface area contributed by atoms with Gasteiger partial charge in [0.1, 0.15) is 5.82 Å². The van der Waals surface area contributed by atoms with Crippen LogP contribution < -0.4 is 5.32 Å². The van der Waals surface area contributed by atoms with Gasteiger partial charge in [-0.15, -0.1) is 0 Å². The summed E-state index contributed by atoms with van der Waals surface area (Å²) >= 11 is 0. The lowest BCUT2D eigenvalue weighted by Gasteiger charge is -2.22. The molecule has 1 N–H and O–H groups in total. The molecule has 0 heterocycles. The van der Waals surface area contributed by atoms with Crippen LogP contribution in [0.25, 0.3) is 0 Å². The van der Waals surface area contributed by atoms with Crippen molar-refractivity contribution in [2.45, 2.75) is 58.0 Å². The summed E-state index contributed by atoms with van der Waals surface area (Å²) in [6, 6.07) is 6.35. The largest absolute Gasteiger partial charge is 0.307 e. The molecule has 0 spiro atoms. The minimum absolute atomic E-state index is 0.101. The Hall–Kier alpha value is -0.890. The van der Waals surface area contributed by atoms with Crippen molar-refractivity contribution in [2.75, 3.05) is 0 Å². The van der Waals surface area contributed by atoms with Crippen molar-refractivity contribution in [3.05, 3.63) is 35.1 Å². The summed E-state index contributed by atoms with van der Waals surface area (Å²) in [5.41, 5.74) is 3.01. The molecule has 1 aromatic rings. The SMILES string of the molecule is CC1(C)CCC(NC2CCc3cc(F)ccc32)C1. The van der Waals surface area contributed by atoms with Gasteiger partial charge in [0.2, 0.25) is 0 Å². The maximum Gasteiger partial charge on any atom is 0.123 e. The van der Waals surface area contributed by atoms with Crippen LogP contribution in [-0.2, 0) is 6.42 Å². The zero-order valence-corrected chi connectivity index (χ0v) is 11.3. The predicted molar refractivity (Wildman–Crippen MR) is 72.0 cm³/mol. The van der Waals surface area contributed by atoms with E-state index in [9.17, 15) is 4.39 Å². The number of aryl methyl sites for hydroxylation is 1. The highest BCUT2D eigenvalue weighted by Gasteiger charge is 2.33. The van der Waals surface area contributed by atoms with Gasteiger partial charge in [-0.1, -0.05) is 19.9 Å². The first-order valence-corrected chi connectivity index (χ1v) is 7.08. The molecule has 0 bridgehead atoms. The number of rotatable bonds is 2. The predicted octanol–water partition coefficient (Wildman–Crippen LogP) is 3.98. The first-order chi connectivity index (χ1) is 8.53. The molecule has 98 valence electrons. The molecule has 0 radical (unpaired) electrons. The third kappa shape index (κ3) is 2.31. The van der Waals surface area contributed by atoms with E-state index in [1.807, 2.05) is 6.07 Å². The van der Waals surface area contributed by atoms with Gasteiger partial charge in [-0.3, -0.25) is 0 Å². The van der Waals surface area contributed by atoms with Gasteiger partial charge < -0.3 is 5.32 Å². The van der Waals surface area contributed by atoms with Crippen molar-refractivity contribution in [3.8, 4) is 0 Å². The van der Waals surface area contributed by atoms with Crippen molar-refractivity contribution >= 4 is 0 Å². The van der Waals surface area contributed by atoms with Crippen molar-refractivity contribution in [2.24, 2.45) is 5.41 Å². The van der Waals surface area contributed by atoms with Crippen LogP contribution in [0.5, 0.6) is 0 Å². The van der Waals surface area contributed by atoms with Gasteiger partial charge >= 0.3 is 0 Å². The van der Waals surface area contributed by atoms with E-state index in [0.717, 1.165) is 12.8 Å². The second kappa shape index (κ2) is 4.34. The molecule has 18 heavy (non-hydrogen) atoms. The average molecular weight is 247 g/mol. The Kier molecular flexibility index (Phi) is 2.93. The Morgan fingerprint density at radius 2 is 2.11 bits per heavy atom. The quantitative estimate of drug-likeness (QED) is 0.833. The van der Waals surface area contributed by atoms with E-state index in [4.69, 9.17) is 0 Å². The Morgan fingerprint density at radius 3 is 2.83 bits per heavy atom. The smallest absolute Gasteiger partial charge is 0.123 e. The summed E-state index contributed by atoms with van der Waals surface area (Å²) in [4.78, 5) is 0. The van der Waals surface area contributed by atoms with Gasteiger partial charge in [-0.05, 0) is 60.8 Å². The minimum atomic E-state index is -0.101. The van der Waals surface area contributed by atoms with Crippen LogP contribution in [0.1, 0.15) is 56.7 Å². The highest BCUT2D eigenvalue weighted by Crippen LogP contribution is 2.39. The van der Waals surface area contributed by atoms with Crippen LogP contribution in [0.2, 0.25) is 0 Å². The molecule has 1 saturated carbocycles. The van der Waals surface area contributed by atoms with Crippen molar-refractivity contribution in [3.63, 3.8) is 0 Å². The zero-order chi connectivity index (χ0) is 12.8. The zero-order valence-electron chi connectivity index (χ0n) is 11.3. The Labute approximate surface area is 109 Å². The molecule has 2 heteroatoms. The van der Waals surface area contributed by atoms with E-state index in [1.165, 1.54) is 30.4 Å². The fourth-order valence-electron chi connectivity index (χ4n) is 3.62. The lowest BCUT2D eigenvalue weighted by Crippen LogP contribution is -2.30. The van der Waals surface area contributed by atoms with Gasteiger partial charge in [-0.2, -0.15) is 0 Å². The molecule has 2 atom stereocenters. The van der Waals surface area contributed by atoms with Crippen LogP contribution in [0, 0.1) is 11.2 Å². The van der Waals surface area contributed by atoms with E-state index in [0.29, 0.717) is 17.5 Å². The Bertz CT molecular complexity index is 452. The third-order valence-electron chi connectivity index (χ3n) is 4.59. The molecular weight excluding hydrogens is 225 g/mol. The lowest BCUT2D eigenvalue weighted by molar-refractivity contribution is 0.352. The van der Waals surface area contributed by atoms with Crippen molar-refractivity contribution in [1.29, 1.82) is 0 Å². The van der Waals surface area contributed by atoms with E-state index < -0.39 is 0 Å². The summed E-state index contributed by atoms with van der Waals surface area (Å²) in [7, 11) is 0. The van der Waals surface area contributed by atoms with Crippen molar-refractivity contribution < 1.29 is 4.39 Å². The van der Waals surface area contributed by atoms with Crippen LogP contribution in [0.15, 0.2) is 18.2 Å². The average Bonchev–Trinajstić information content (AvgIpc) is 2.83. The number of benzene rings is 1. The molecule has 3 rings (SSSR count). The van der Waals surface area contributed by atoms with E-state index >= 15 is 0 Å². The summed E-state index contributed by atoms with van der Waals surface area (Å²) in [6.45, 7) is 4.71. The molecule has 2 unspecified atom stereocenters. The van der Waals surface area contributed by atoms with Crippen LogP contribution in [0.3, 0.4) is 0 Å². The van der Waals surface area contributed by atoms with Gasteiger partial charge in [0.15, 0.2) is 0 Å². The molecule has 2 aliphatic rings. The number of nitrogens with one attached hydrogen (secondary N) is 1. The molecule has 1 aromatic carbocycles. The third-order valence-corrected chi connectivity index (χ3v) is 4.59. The topological polar surface area (TPSA) is 12.0 Å². The molecular formula is C16H22FN. The van der Waals surface area contributed by atoms with E-state index in [-0.39, 0.29) is 5.82 Å². The lowest BCUT2D eigenvalue weighted by atomic mass is 9.91. The molecule has 1 fully saturated rings. The number of fused-ring (bicyclic) bond motifs is 1. The number of hydrogen-bond donors (Lipinski definition) is 1. The maximum atomic E-state index is 13.2. The normalized spacial score (nSPS) is 29.5. The number of hydrogen-bond acceptors (Lipinski definition) is 1. The highest BCUT2D eigenvalue weighted by atomic mass is 19.1. The van der Waals surface area contributed by atoms with Gasteiger partial charge in [-0.25, -0.2) is 4.39 Å². The second-order valence-corrected chi connectivity index (χ2v) is 6.70. The molecule has 0 amide bonds. The molecule has 0 aliphatic heterocycles. The minimum Gasteiger partial charge on any atom is -0.307 e. The highest BCUT2D eigenvalue weighted by molar-refractivity contribution is 5.35. The van der Waals surface area contributed by atoms with Gasteiger partial charge in [0.05, 0.1) is 0 Å². The first kappa shape index (κ1) is 12.2. The maximum absolute atomic E-state index is 13.2. The summed E-state index contributed by atoms with van der Waals surface area (Å²) in [6.07, 6.45) is 5.99. The van der Waals surface area contributed by atoms with E-state index in [2.05, 4.69) is 19.2 Å². The molecule has 0 saturated heterocycles. The summed E-state index contributed by atoms with van der Waals surface area (Å²) in [5.74, 6) is -0.101. The first-order valence-electron chi connectivity index (χ1n) is 7.08. The van der Waals surface area contributed by atoms with Crippen LogP contribution in [-0.4, -0.2) is 6.04 Å². The van der Waals surface area contributed by atoms with Gasteiger partial charge in [0, 0.05) is 12.1 Å². The van der Waals surface area contributed by atoms with Crippen LogP contribution in [0.4, 0.5) is 4.39 Å². The van der Waals surface area contributed by atoms with Gasteiger partial charge in [0.25, 0.3) is 0 Å². The van der Waals surface area contributed by atoms with Crippen molar-refractivity contribution in [1.82, 2.24) is 5.32 Å². The fraction of sp³-hybridized carbons (Fsp3) is 0.625. The molecule has 0 aromatic heterocycles. The summed E-state index contributed by atoms with van der Waals surface area (Å²) in [5, 5.41) is 3.79. The van der Waals surface area contributed by atoms with E-state index in [1.54, 1.807) is 12.1 Å². The molecule has 2 aliphatic carbocycles. The molecule has 1 nitrogen and oxygen atoms in total. The fourth-order valence-corrected chi connectivity index (χ4v) is 3.62. The Morgan fingerprint density at radius 1 is 1.28 bits per heavy atom. The summed E-state index contributed by atoms with van der Waals surface area (Å²) < 4.78 is 13.2. The standard InChI is InChI=1S/C16H22FN/c1-16(2)8-7-13(10-16)18-15-6-3-11-9-12(17)4-5-14(11)15/h4-5,9,13,15,18H,3,6-8,10H2,1-2H3. The second-order valence-electron chi connectivity index (χ2n) is 6.70. The monoisotopic (exact) mass is 247 g/mol. The number of halogens is 1. The Balaban J connectivity index is 1.70.